The number of nitrogens with zero attached hydrogens (tertiary/aromatic N) is 4. The number of hydrogen-bond donors (Lipinski definition) is 0. The van der Waals surface area contributed by atoms with Crippen molar-refractivity contribution >= 4 is 5.91 Å². The third-order valence-corrected chi connectivity index (χ3v) is 5.36. The Kier molecular flexibility index (Phi) is 4.56. The molecule has 3 heterocycles. The SMILES string of the molecule is Cc1noc(-c2cn(C)nc2[C@@H]2CCCCN2C(=O)c2ccccc2)c1C. The second kappa shape index (κ2) is 7.02. The van der Waals surface area contributed by atoms with Crippen LogP contribution in [0.5, 0.6) is 0 Å². The van der Waals surface area contributed by atoms with Gasteiger partial charge in [-0.1, -0.05) is 23.4 Å². The molecule has 6 heteroatoms. The van der Waals surface area contributed by atoms with Crippen molar-refractivity contribution in [3.05, 3.63) is 59.0 Å². The first-order valence-electron chi connectivity index (χ1n) is 9.39. The summed E-state index contributed by atoms with van der Waals surface area (Å²) in [6.07, 6.45) is 4.95. The summed E-state index contributed by atoms with van der Waals surface area (Å²) in [6.45, 7) is 4.68. The summed E-state index contributed by atoms with van der Waals surface area (Å²) in [6, 6.07) is 9.41. The van der Waals surface area contributed by atoms with Crippen LogP contribution in [0.15, 0.2) is 41.1 Å². The molecular formula is C21H24N4O2. The van der Waals surface area contributed by atoms with E-state index in [1.165, 1.54) is 0 Å². The molecule has 6 nitrogen and oxygen atoms in total. The molecule has 1 saturated heterocycles. The third-order valence-electron chi connectivity index (χ3n) is 5.36. The first-order chi connectivity index (χ1) is 13.1. The van der Waals surface area contributed by atoms with Crippen molar-refractivity contribution in [2.24, 2.45) is 7.05 Å². The number of benzene rings is 1. The van der Waals surface area contributed by atoms with Gasteiger partial charge in [0.2, 0.25) is 0 Å². The zero-order valence-electron chi connectivity index (χ0n) is 16.0. The number of piperidine rings is 1. The van der Waals surface area contributed by atoms with Crippen LogP contribution < -0.4 is 0 Å². The zero-order valence-corrected chi connectivity index (χ0v) is 16.0. The predicted molar refractivity (Wildman–Crippen MR) is 102 cm³/mol. The van der Waals surface area contributed by atoms with Gasteiger partial charge in [0.15, 0.2) is 5.76 Å². The molecule has 0 bridgehead atoms. The Hall–Kier alpha value is -2.89. The summed E-state index contributed by atoms with van der Waals surface area (Å²) in [7, 11) is 1.90. The number of likely N-dealkylation sites (tertiary alicyclic amines) is 1. The average Bonchev–Trinajstić information content (AvgIpc) is 3.24. The van der Waals surface area contributed by atoms with E-state index in [9.17, 15) is 4.79 Å². The van der Waals surface area contributed by atoms with Gasteiger partial charge in [-0.15, -0.1) is 0 Å². The van der Waals surface area contributed by atoms with Crippen molar-refractivity contribution in [3.8, 4) is 11.3 Å². The van der Waals surface area contributed by atoms with Crippen LogP contribution in [-0.4, -0.2) is 32.3 Å². The molecule has 1 aliphatic rings. The molecule has 140 valence electrons. The molecule has 0 radical (unpaired) electrons. The van der Waals surface area contributed by atoms with E-state index >= 15 is 0 Å². The Morgan fingerprint density at radius 2 is 1.96 bits per heavy atom. The largest absolute Gasteiger partial charge is 0.356 e. The molecule has 0 unspecified atom stereocenters. The fourth-order valence-electron chi connectivity index (χ4n) is 3.80. The van der Waals surface area contributed by atoms with Crippen molar-refractivity contribution in [2.45, 2.75) is 39.2 Å². The molecule has 27 heavy (non-hydrogen) atoms. The number of amides is 1. The van der Waals surface area contributed by atoms with Crippen LogP contribution in [0, 0.1) is 13.8 Å². The molecule has 0 saturated carbocycles. The Morgan fingerprint density at radius 3 is 2.67 bits per heavy atom. The van der Waals surface area contributed by atoms with Gasteiger partial charge in [-0.25, -0.2) is 0 Å². The van der Waals surface area contributed by atoms with Crippen LogP contribution in [-0.2, 0) is 7.05 Å². The van der Waals surface area contributed by atoms with Crippen molar-refractivity contribution in [1.82, 2.24) is 19.8 Å². The van der Waals surface area contributed by atoms with Gasteiger partial charge in [0.25, 0.3) is 5.91 Å². The first kappa shape index (κ1) is 17.5. The van der Waals surface area contributed by atoms with Crippen LogP contribution in [0.4, 0.5) is 0 Å². The van der Waals surface area contributed by atoms with Crippen LogP contribution in [0.3, 0.4) is 0 Å². The van der Waals surface area contributed by atoms with Crippen LogP contribution in [0.25, 0.3) is 11.3 Å². The molecule has 3 aromatic rings. The Labute approximate surface area is 158 Å². The minimum atomic E-state index is -0.0625. The van der Waals surface area contributed by atoms with Crippen molar-refractivity contribution in [3.63, 3.8) is 0 Å². The number of rotatable bonds is 3. The minimum Gasteiger partial charge on any atom is -0.356 e. The zero-order chi connectivity index (χ0) is 19.0. The highest BCUT2D eigenvalue weighted by atomic mass is 16.5. The van der Waals surface area contributed by atoms with E-state index in [1.807, 2.05) is 62.3 Å². The lowest BCUT2D eigenvalue weighted by Crippen LogP contribution is -2.39. The maximum Gasteiger partial charge on any atom is 0.254 e. The van der Waals surface area contributed by atoms with E-state index in [4.69, 9.17) is 9.62 Å². The maximum atomic E-state index is 13.2. The van der Waals surface area contributed by atoms with E-state index in [2.05, 4.69) is 5.16 Å². The van der Waals surface area contributed by atoms with Gasteiger partial charge in [0.1, 0.15) is 0 Å². The van der Waals surface area contributed by atoms with Gasteiger partial charge in [-0.05, 0) is 45.2 Å². The molecule has 0 N–H and O–H groups in total. The quantitative estimate of drug-likeness (QED) is 0.703. The van der Waals surface area contributed by atoms with Crippen LogP contribution in [0.1, 0.15) is 52.6 Å². The lowest BCUT2D eigenvalue weighted by atomic mass is 9.94. The highest BCUT2D eigenvalue weighted by Crippen LogP contribution is 2.38. The lowest BCUT2D eigenvalue weighted by molar-refractivity contribution is 0.0606. The summed E-state index contributed by atoms with van der Waals surface area (Å²) < 4.78 is 7.39. The second-order valence-electron chi connectivity index (χ2n) is 7.20. The van der Waals surface area contributed by atoms with Gasteiger partial charge in [-0.3, -0.25) is 9.48 Å². The minimum absolute atomic E-state index is 0.0578. The molecule has 1 aromatic carbocycles. The number of carbonyl (C=O) groups excluding carboxylic acids is 1. The molecule has 1 aliphatic heterocycles. The first-order valence-corrected chi connectivity index (χ1v) is 9.39. The normalized spacial score (nSPS) is 17.3. The highest BCUT2D eigenvalue weighted by Gasteiger charge is 2.33. The standard InChI is InChI=1S/C21H24N4O2/c1-14-15(2)23-27-20(14)17-13-24(3)22-19(17)18-11-7-8-12-25(18)21(26)16-9-5-4-6-10-16/h4-6,9-10,13,18H,7-8,11-12H2,1-3H3/t18-/m0/s1. The number of aromatic nitrogens is 3. The van der Waals surface area contributed by atoms with Gasteiger partial charge < -0.3 is 9.42 Å². The highest BCUT2D eigenvalue weighted by molar-refractivity contribution is 5.94. The summed E-state index contributed by atoms with van der Waals surface area (Å²) in [5.41, 5.74) is 4.42. The molecule has 4 rings (SSSR count). The van der Waals surface area contributed by atoms with Crippen molar-refractivity contribution < 1.29 is 9.32 Å². The van der Waals surface area contributed by atoms with Gasteiger partial charge in [0.05, 0.1) is 23.0 Å². The Morgan fingerprint density at radius 1 is 1.19 bits per heavy atom. The summed E-state index contributed by atoms with van der Waals surface area (Å²) in [5, 5.41) is 8.82. The van der Waals surface area contributed by atoms with E-state index in [0.717, 1.165) is 54.1 Å². The molecule has 2 aromatic heterocycles. The van der Waals surface area contributed by atoms with E-state index in [-0.39, 0.29) is 11.9 Å². The summed E-state index contributed by atoms with van der Waals surface area (Å²) in [5.74, 6) is 0.802. The topological polar surface area (TPSA) is 64.2 Å². The molecule has 1 fully saturated rings. The Balaban J connectivity index is 1.75. The molecule has 0 spiro atoms. The fraction of sp³-hybridized carbons (Fsp3) is 0.381. The fourth-order valence-corrected chi connectivity index (χ4v) is 3.80. The van der Waals surface area contributed by atoms with Crippen LogP contribution in [0.2, 0.25) is 0 Å². The lowest BCUT2D eigenvalue weighted by Gasteiger charge is -2.35. The predicted octanol–water partition coefficient (Wildman–Crippen LogP) is 4.06. The van der Waals surface area contributed by atoms with E-state index in [1.54, 1.807) is 4.68 Å². The van der Waals surface area contributed by atoms with Crippen molar-refractivity contribution in [2.75, 3.05) is 6.54 Å². The van der Waals surface area contributed by atoms with Crippen molar-refractivity contribution in [1.29, 1.82) is 0 Å². The smallest absolute Gasteiger partial charge is 0.254 e. The van der Waals surface area contributed by atoms with Gasteiger partial charge in [-0.2, -0.15) is 5.10 Å². The molecular weight excluding hydrogens is 340 g/mol. The van der Waals surface area contributed by atoms with E-state index in [0.29, 0.717) is 5.56 Å². The van der Waals surface area contributed by atoms with Crippen LogP contribution >= 0.6 is 0 Å². The number of aryl methyl sites for hydroxylation is 2. The maximum absolute atomic E-state index is 13.2. The average molecular weight is 364 g/mol. The summed E-state index contributed by atoms with van der Waals surface area (Å²) in [4.78, 5) is 15.1. The van der Waals surface area contributed by atoms with Gasteiger partial charge >= 0.3 is 0 Å². The van der Waals surface area contributed by atoms with Gasteiger partial charge in [0, 0.05) is 30.9 Å². The molecule has 1 amide bonds. The summed E-state index contributed by atoms with van der Waals surface area (Å²) >= 11 is 0. The van der Waals surface area contributed by atoms with E-state index < -0.39 is 0 Å². The number of carbonyl (C=O) groups is 1. The third kappa shape index (κ3) is 3.16. The Bertz CT molecular complexity index is 958. The molecule has 1 atom stereocenters. The molecule has 0 aliphatic carbocycles. The monoisotopic (exact) mass is 364 g/mol. The second-order valence-corrected chi connectivity index (χ2v) is 7.20. The number of hydrogen-bond acceptors (Lipinski definition) is 4.